The van der Waals surface area contributed by atoms with Crippen molar-refractivity contribution in [1.29, 1.82) is 5.26 Å². The summed E-state index contributed by atoms with van der Waals surface area (Å²) in [7, 11) is 1.00. The molecule has 0 unspecified atom stereocenters. The van der Waals surface area contributed by atoms with E-state index < -0.39 is 17.2 Å². The first-order valence-electron chi connectivity index (χ1n) is 14.4. The van der Waals surface area contributed by atoms with Crippen LogP contribution in [0, 0.1) is 28.4 Å². The quantitative estimate of drug-likeness (QED) is 0.0729. The van der Waals surface area contributed by atoms with E-state index in [0.29, 0.717) is 39.6 Å². The third kappa shape index (κ3) is 19.3. The molecule has 1 aromatic rings. The fourth-order valence-electron chi connectivity index (χ4n) is 3.24. The first-order chi connectivity index (χ1) is 20.8. The molecule has 4 N–H and O–H groups in total. The summed E-state index contributed by atoms with van der Waals surface area (Å²) in [6.07, 6.45) is 1.92. The number of rotatable bonds is 17. The van der Waals surface area contributed by atoms with Crippen molar-refractivity contribution in [1.82, 2.24) is 4.90 Å². The lowest BCUT2D eigenvalue weighted by Crippen LogP contribution is -2.39. The van der Waals surface area contributed by atoms with Crippen molar-refractivity contribution in [2.24, 2.45) is 16.1 Å². The Morgan fingerprint density at radius 3 is 2.02 bits per heavy atom. The summed E-state index contributed by atoms with van der Waals surface area (Å²) in [6.45, 7) is 18.9. The number of nitriles is 1. The van der Waals surface area contributed by atoms with Crippen molar-refractivity contribution in [3.05, 3.63) is 35.9 Å². The van der Waals surface area contributed by atoms with E-state index in [1.54, 1.807) is 26.0 Å². The van der Waals surface area contributed by atoms with Crippen LogP contribution in [0.4, 0.5) is 20.2 Å². The molecule has 44 heavy (non-hydrogen) atoms. The van der Waals surface area contributed by atoms with Crippen LogP contribution in [0.3, 0.4) is 0 Å². The van der Waals surface area contributed by atoms with Gasteiger partial charge in [0.15, 0.2) is 11.6 Å². The summed E-state index contributed by atoms with van der Waals surface area (Å²) in [6, 6.07) is 2.17. The fraction of sp³-hybridized carbons (Fsp3) is 0.645. The lowest BCUT2D eigenvalue weighted by atomic mass is 9.91. The van der Waals surface area contributed by atoms with Crippen molar-refractivity contribution in [2.45, 2.75) is 60.9 Å². The predicted molar refractivity (Wildman–Crippen MR) is 170 cm³/mol. The van der Waals surface area contributed by atoms with Gasteiger partial charge in [0.1, 0.15) is 30.0 Å². The number of nitrogens with one attached hydrogen (secondary N) is 1. The van der Waals surface area contributed by atoms with Gasteiger partial charge in [-0.15, -0.1) is 6.58 Å². The van der Waals surface area contributed by atoms with Crippen LogP contribution >= 0.6 is 0 Å². The van der Waals surface area contributed by atoms with Crippen LogP contribution < -0.4 is 11.1 Å². The number of carbonyl (C=O) groups is 1. The second-order valence-corrected chi connectivity index (χ2v) is 10.6. The topological polar surface area (TPSA) is 152 Å². The number of anilines is 1. The first-order valence-corrected chi connectivity index (χ1v) is 14.4. The number of nitrogens with two attached hydrogens (primary N) is 1. The molecule has 0 aromatic heterocycles. The number of halogens is 2. The number of aliphatic hydroxyl groups is 1. The fourth-order valence-corrected chi connectivity index (χ4v) is 3.24. The Morgan fingerprint density at radius 1 is 1.11 bits per heavy atom. The second-order valence-electron chi connectivity index (χ2n) is 10.6. The molecule has 0 heterocycles. The molecule has 0 saturated heterocycles. The van der Waals surface area contributed by atoms with Crippen LogP contribution in [0.25, 0.3) is 0 Å². The molecule has 0 aliphatic carbocycles. The minimum Gasteiger partial charge on any atom is -0.400 e. The van der Waals surface area contributed by atoms with Gasteiger partial charge < -0.3 is 35.1 Å². The number of aliphatic hydroxyl groups excluding tert-OH is 1. The number of ether oxygens (including phenoxy) is 4. The highest BCUT2D eigenvalue weighted by Gasteiger charge is 2.25. The van der Waals surface area contributed by atoms with Crippen LogP contribution in [0.2, 0.25) is 0 Å². The summed E-state index contributed by atoms with van der Waals surface area (Å²) in [5, 5.41) is 19.0. The first kappa shape index (κ1) is 43.1. The monoisotopic (exact) mass is 629 g/mol. The van der Waals surface area contributed by atoms with E-state index in [0.717, 1.165) is 13.2 Å². The average molecular weight is 630 g/mol. The lowest BCUT2D eigenvalue weighted by molar-refractivity contribution is -0.133. The average Bonchev–Trinajstić information content (AvgIpc) is 2.95. The van der Waals surface area contributed by atoms with Gasteiger partial charge in [0, 0.05) is 26.1 Å². The third-order valence-corrected chi connectivity index (χ3v) is 4.99. The minimum atomic E-state index is -0.910. The molecule has 0 fully saturated rings. The number of carbonyl (C=O) groups excluding carboxylic acids is 1. The maximum atomic E-state index is 14.9. The molecule has 11 nitrogen and oxygen atoms in total. The number of hydrogen-bond donors (Lipinski definition) is 3. The molecule has 0 saturated carbocycles. The molecular weight excluding hydrogens is 576 g/mol. The smallest absolute Gasteiger partial charge is 0.230 e. The van der Waals surface area contributed by atoms with Crippen LogP contribution in [-0.4, -0.2) is 94.4 Å². The van der Waals surface area contributed by atoms with E-state index in [9.17, 15) is 13.6 Å². The van der Waals surface area contributed by atoms with E-state index in [1.807, 2.05) is 27.7 Å². The van der Waals surface area contributed by atoms with E-state index in [2.05, 4.69) is 16.9 Å². The van der Waals surface area contributed by atoms with Crippen molar-refractivity contribution >= 4 is 23.1 Å². The van der Waals surface area contributed by atoms with Crippen molar-refractivity contribution < 1.29 is 37.6 Å². The number of aliphatic imine (C=N–C) groups is 1. The summed E-state index contributed by atoms with van der Waals surface area (Å²) in [5.74, 6) is -1.97. The molecule has 0 atom stereocenters. The maximum Gasteiger partial charge on any atom is 0.230 e. The minimum absolute atomic E-state index is 0.116. The van der Waals surface area contributed by atoms with E-state index >= 15 is 0 Å². The summed E-state index contributed by atoms with van der Waals surface area (Å²) >= 11 is 0. The van der Waals surface area contributed by atoms with Crippen molar-refractivity contribution in [3.63, 3.8) is 0 Å². The van der Waals surface area contributed by atoms with Gasteiger partial charge in [0.2, 0.25) is 5.91 Å². The maximum absolute atomic E-state index is 14.9. The highest BCUT2D eigenvalue weighted by atomic mass is 19.1. The molecule has 0 spiro atoms. The number of benzene rings is 1. The number of allylic oxidation sites excluding steroid dienone is 1. The molecule has 0 radical (unpaired) electrons. The molecule has 13 heteroatoms. The third-order valence-electron chi connectivity index (χ3n) is 4.99. The van der Waals surface area contributed by atoms with E-state index in [4.69, 9.17) is 35.0 Å². The molecule has 252 valence electrons. The summed E-state index contributed by atoms with van der Waals surface area (Å²) in [5.41, 5.74) is 3.99. The van der Waals surface area contributed by atoms with Gasteiger partial charge in [-0.1, -0.05) is 26.8 Å². The molecular formula is C31H53F2N5O6. The molecule has 1 rings (SSSR count). The van der Waals surface area contributed by atoms with Gasteiger partial charge in [-0.3, -0.25) is 9.69 Å². The number of amides is 1. The molecule has 1 amide bonds. The molecule has 0 aliphatic rings. The van der Waals surface area contributed by atoms with Gasteiger partial charge in [-0.05, 0) is 39.2 Å². The highest BCUT2D eigenvalue weighted by Crippen LogP contribution is 2.34. The zero-order valence-electron chi connectivity index (χ0n) is 27.7. The van der Waals surface area contributed by atoms with Gasteiger partial charge in [0.05, 0.1) is 51.8 Å². The van der Waals surface area contributed by atoms with Gasteiger partial charge in [-0.2, -0.15) is 5.26 Å². The van der Waals surface area contributed by atoms with Crippen LogP contribution in [0.5, 0.6) is 0 Å². The lowest BCUT2D eigenvalue weighted by Gasteiger charge is -2.26. The number of amidine groups is 1. The predicted octanol–water partition coefficient (Wildman–Crippen LogP) is 4.75. The van der Waals surface area contributed by atoms with Crippen molar-refractivity contribution in [3.8, 4) is 6.07 Å². The van der Waals surface area contributed by atoms with Crippen LogP contribution in [0.1, 0.15) is 60.5 Å². The number of nitrogens with zero attached hydrogens (tertiary/aromatic N) is 3. The Hall–Kier alpha value is -2.99. The molecule has 0 aliphatic heterocycles. The zero-order chi connectivity index (χ0) is 34.1. The van der Waals surface area contributed by atoms with E-state index in [1.165, 1.54) is 11.8 Å². The zero-order valence-corrected chi connectivity index (χ0v) is 27.7. The Kier molecular flexibility index (Phi) is 24.9. The Bertz CT molecular complexity index is 1030. The summed E-state index contributed by atoms with van der Waals surface area (Å²) in [4.78, 5) is 18.7. The van der Waals surface area contributed by atoms with E-state index in [-0.39, 0.29) is 60.9 Å². The van der Waals surface area contributed by atoms with Gasteiger partial charge in [-0.25, -0.2) is 13.8 Å². The highest BCUT2D eigenvalue weighted by molar-refractivity contribution is 5.98. The Morgan fingerprint density at radius 2 is 1.59 bits per heavy atom. The molecule has 0 bridgehead atoms. The normalized spacial score (nSPS) is 11.1. The van der Waals surface area contributed by atoms with Gasteiger partial charge in [0.25, 0.3) is 0 Å². The standard InChI is InChI=1S/C27H43F2N5O5.C3H6.CH4O/c1-19(2)32-26-24(29)21(17-31)15-22(28)25(26)33-20(3)34(23(35)16-27(4,5)6)18-39-14-13-38-12-11-37-10-9-36-8-7-30;1-3-2;1-2/h15,19,32H,7-14,16,18,30H2,1-6H3;3H,1H2,2H3;2H,1H3. The van der Waals surface area contributed by atoms with Gasteiger partial charge >= 0.3 is 0 Å². The summed E-state index contributed by atoms with van der Waals surface area (Å²) < 4.78 is 51.6. The SMILES string of the molecule is C=CC.CC(=Nc1c(F)cc(C#N)c(F)c1NC(C)C)N(COCCOCCOCCOCCN)C(=O)CC(C)(C)C.CO. The second kappa shape index (κ2) is 25.3. The Labute approximate surface area is 262 Å². The van der Waals surface area contributed by atoms with Crippen molar-refractivity contribution in [2.75, 3.05) is 72.0 Å². The largest absolute Gasteiger partial charge is 0.400 e. The van der Waals surface area contributed by atoms with Crippen LogP contribution in [0.15, 0.2) is 23.7 Å². The molecule has 1 aromatic carbocycles. The number of hydrogen-bond acceptors (Lipinski definition) is 10. The van der Waals surface area contributed by atoms with Crippen LogP contribution in [-0.2, 0) is 23.7 Å². The Balaban J connectivity index is 0.